The summed E-state index contributed by atoms with van der Waals surface area (Å²) in [6.07, 6.45) is 12.4. The summed E-state index contributed by atoms with van der Waals surface area (Å²) < 4.78 is 4.86. The minimum atomic E-state index is -0.260. The molecule has 284 valence electrons. The summed E-state index contributed by atoms with van der Waals surface area (Å²) in [6.45, 7) is 4.78. The number of hydrogen-bond acceptors (Lipinski definition) is 5. The number of fused-ring (bicyclic) bond motifs is 8. The van der Waals surface area contributed by atoms with E-state index in [9.17, 15) is 0 Å². The van der Waals surface area contributed by atoms with Gasteiger partial charge in [-0.2, -0.15) is 0 Å². The van der Waals surface area contributed by atoms with Gasteiger partial charge in [-0.25, -0.2) is 9.98 Å². The largest absolute Gasteiger partial charge is 0.344 e. The minimum absolute atomic E-state index is 0.0124. The van der Waals surface area contributed by atoms with Crippen molar-refractivity contribution < 1.29 is 0 Å². The van der Waals surface area contributed by atoms with Crippen molar-refractivity contribution in [2.45, 2.75) is 31.2 Å². The van der Waals surface area contributed by atoms with Gasteiger partial charge in [0.15, 0.2) is 5.84 Å². The van der Waals surface area contributed by atoms with Crippen LogP contribution in [-0.2, 0) is 0 Å². The van der Waals surface area contributed by atoms with Crippen LogP contribution in [-0.4, -0.2) is 27.2 Å². The van der Waals surface area contributed by atoms with Gasteiger partial charge in [-0.3, -0.25) is 0 Å². The molecule has 8 aromatic rings. The third kappa shape index (κ3) is 5.43. The van der Waals surface area contributed by atoms with Crippen molar-refractivity contribution in [3.8, 4) is 16.8 Å². The van der Waals surface area contributed by atoms with Crippen molar-refractivity contribution in [3.63, 3.8) is 0 Å². The second-order valence-corrected chi connectivity index (χ2v) is 18.8. The fourth-order valence-corrected chi connectivity index (χ4v) is 12.8. The molecule has 4 nitrogen and oxygen atoms in total. The van der Waals surface area contributed by atoms with Gasteiger partial charge >= 0.3 is 0 Å². The van der Waals surface area contributed by atoms with E-state index in [0.717, 1.165) is 29.2 Å². The lowest BCUT2D eigenvalue weighted by molar-refractivity contribution is 0.538. The molecule has 0 spiro atoms. The number of benzene rings is 6. The van der Waals surface area contributed by atoms with Gasteiger partial charge in [0.1, 0.15) is 12.0 Å². The normalized spacial score (nSPS) is 22.4. The summed E-state index contributed by atoms with van der Waals surface area (Å²) in [5, 5.41) is 8.83. The molecule has 0 saturated carbocycles. The Kier molecular flexibility index (Phi) is 7.91. The van der Waals surface area contributed by atoms with E-state index in [1.54, 1.807) is 5.57 Å². The predicted molar refractivity (Wildman–Crippen MR) is 252 cm³/mol. The molecule has 0 bridgehead atoms. The Morgan fingerprint density at radius 3 is 2.37 bits per heavy atom. The minimum Gasteiger partial charge on any atom is -0.344 e. The Labute approximate surface area is 351 Å². The first kappa shape index (κ1) is 34.8. The first-order valence-corrected chi connectivity index (χ1v) is 22.2. The molecule has 4 heterocycles. The molecule has 12 rings (SSSR count). The summed E-state index contributed by atoms with van der Waals surface area (Å²) in [6, 6.07) is 50.4. The number of hydrogen-bond donors (Lipinski definition) is 1. The molecular weight excluding hydrogens is 757 g/mol. The second kappa shape index (κ2) is 13.4. The van der Waals surface area contributed by atoms with Gasteiger partial charge in [-0.05, 0) is 78.4 Å². The average molecular weight is 797 g/mol. The molecule has 59 heavy (non-hydrogen) atoms. The number of nitrogens with one attached hydrogen (secondary N) is 1. The van der Waals surface area contributed by atoms with E-state index in [-0.39, 0.29) is 10.9 Å². The highest BCUT2D eigenvalue weighted by atomic mass is 32.2. The number of thiophene rings is 1. The van der Waals surface area contributed by atoms with Crippen LogP contribution in [0.1, 0.15) is 31.4 Å². The van der Waals surface area contributed by atoms with Gasteiger partial charge in [0, 0.05) is 68.9 Å². The van der Waals surface area contributed by atoms with Gasteiger partial charge in [0.2, 0.25) is 0 Å². The first-order chi connectivity index (χ1) is 29.0. The Hall–Kier alpha value is -6.21. The number of nitrogens with zero attached hydrogens (tertiary/aromatic N) is 3. The topological polar surface area (TPSA) is 41.7 Å². The number of rotatable bonds is 5. The Bertz CT molecular complexity index is 3230. The highest BCUT2D eigenvalue weighted by molar-refractivity contribution is 8.05. The summed E-state index contributed by atoms with van der Waals surface area (Å²) in [5.41, 5.74) is 11.0. The zero-order valence-electron chi connectivity index (χ0n) is 32.8. The molecular formula is C53H40N4S2. The van der Waals surface area contributed by atoms with Crippen LogP contribution < -0.4 is 5.32 Å². The van der Waals surface area contributed by atoms with Crippen LogP contribution in [0.3, 0.4) is 0 Å². The van der Waals surface area contributed by atoms with Crippen molar-refractivity contribution in [2.75, 3.05) is 0 Å². The van der Waals surface area contributed by atoms with Crippen molar-refractivity contribution in [1.29, 1.82) is 0 Å². The van der Waals surface area contributed by atoms with E-state index >= 15 is 0 Å². The molecule has 2 aromatic heterocycles. The quantitative estimate of drug-likeness (QED) is 0.188. The standard InChI is InChI=1S/C53H40N4S2/c1-32-26-28-40(49-46(32)42-23-11-12-30-53(42,2)59-49)52-55-50(33-15-5-3-6-16-33)54-51(56-52)39-22-13-21-38-47-36(20-14-25-45(47)58-48(38)39)34-27-29-44-41(31-34)37-19-9-10-24-43(37)57(44)35-17-7-4-8-18-35/h3-25,27-32,42,52H,26H2,1-2H3,(H,54,55,56). The Morgan fingerprint density at radius 1 is 0.729 bits per heavy atom. The van der Waals surface area contributed by atoms with E-state index in [0.29, 0.717) is 11.8 Å². The van der Waals surface area contributed by atoms with Crippen molar-refractivity contribution in [1.82, 2.24) is 9.88 Å². The monoisotopic (exact) mass is 796 g/mol. The van der Waals surface area contributed by atoms with E-state index < -0.39 is 0 Å². The van der Waals surface area contributed by atoms with E-state index in [1.807, 2.05) is 23.1 Å². The maximum atomic E-state index is 5.54. The number of allylic oxidation sites excluding steroid dienone is 5. The third-order valence-electron chi connectivity index (χ3n) is 12.7. The zero-order valence-corrected chi connectivity index (χ0v) is 34.4. The first-order valence-electron chi connectivity index (χ1n) is 20.5. The van der Waals surface area contributed by atoms with Gasteiger partial charge in [-0.15, -0.1) is 23.1 Å². The van der Waals surface area contributed by atoms with Crippen LogP contribution in [0, 0.1) is 11.8 Å². The van der Waals surface area contributed by atoms with Crippen LogP contribution in [0.5, 0.6) is 0 Å². The molecule has 4 aliphatic rings. The summed E-state index contributed by atoms with van der Waals surface area (Å²) >= 11 is 3.85. The molecule has 0 radical (unpaired) electrons. The molecule has 6 aromatic carbocycles. The van der Waals surface area contributed by atoms with Crippen LogP contribution in [0.4, 0.5) is 0 Å². The molecule has 0 amide bonds. The second-order valence-electron chi connectivity index (χ2n) is 16.3. The molecule has 1 N–H and O–H groups in total. The molecule has 0 saturated heterocycles. The maximum Gasteiger partial charge on any atom is 0.160 e. The molecule has 6 heteroatoms. The molecule has 2 aliphatic carbocycles. The third-order valence-corrected chi connectivity index (χ3v) is 15.4. The molecule has 4 unspecified atom stereocenters. The van der Waals surface area contributed by atoms with Gasteiger partial charge < -0.3 is 9.88 Å². The van der Waals surface area contributed by atoms with Crippen LogP contribution in [0.25, 0.3) is 58.8 Å². The van der Waals surface area contributed by atoms with Gasteiger partial charge in [-0.1, -0.05) is 134 Å². The lowest BCUT2D eigenvalue weighted by Crippen LogP contribution is -2.40. The highest BCUT2D eigenvalue weighted by Crippen LogP contribution is 2.59. The van der Waals surface area contributed by atoms with Crippen LogP contribution in [0.15, 0.2) is 196 Å². The highest BCUT2D eigenvalue weighted by Gasteiger charge is 2.47. The van der Waals surface area contributed by atoms with Crippen molar-refractivity contribution in [3.05, 3.63) is 197 Å². The molecule has 2 aliphatic heterocycles. The summed E-state index contributed by atoms with van der Waals surface area (Å²) in [5.74, 6) is 2.51. The van der Waals surface area contributed by atoms with Crippen molar-refractivity contribution in [2.24, 2.45) is 21.8 Å². The number of aliphatic imine (C=N–C) groups is 2. The van der Waals surface area contributed by atoms with E-state index in [4.69, 9.17) is 9.98 Å². The Morgan fingerprint density at radius 2 is 1.49 bits per heavy atom. The fraction of sp³-hybridized carbons (Fsp3) is 0.132. The summed E-state index contributed by atoms with van der Waals surface area (Å²) in [7, 11) is 0. The number of amidine groups is 2. The maximum absolute atomic E-state index is 5.54. The van der Waals surface area contributed by atoms with Crippen LogP contribution >= 0.6 is 23.1 Å². The van der Waals surface area contributed by atoms with Gasteiger partial charge in [0.25, 0.3) is 0 Å². The fourth-order valence-electron chi connectivity index (χ4n) is 9.89. The van der Waals surface area contributed by atoms with E-state index in [2.05, 4.69) is 194 Å². The SMILES string of the molecule is CC1CC=C(C2N=C(c3cccc4c3sc3cccc(-c5ccc6c(c5)c5ccccc5n6-c5ccccc5)c34)N=C(c3ccccc3)N2)C2=C1C1C=CC=CC1(C)S2. The predicted octanol–water partition coefficient (Wildman–Crippen LogP) is 13.4. The average Bonchev–Trinajstić information content (AvgIpc) is 3.94. The summed E-state index contributed by atoms with van der Waals surface area (Å²) in [4.78, 5) is 12.3. The van der Waals surface area contributed by atoms with E-state index in [1.165, 1.54) is 69.3 Å². The van der Waals surface area contributed by atoms with Crippen molar-refractivity contribution >= 4 is 76.7 Å². The number of para-hydroxylation sites is 2. The number of aromatic nitrogens is 1. The van der Waals surface area contributed by atoms with Crippen LogP contribution in [0.2, 0.25) is 0 Å². The zero-order chi connectivity index (χ0) is 39.2. The lowest BCUT2D eigenvalue weighted by atomic mass is 9.75. The lowest BCUT2D eigenvalue weighted by Gasteiger charge is -2.31. The molecule has 0 fully saturated rings. The van der Waals surface area contributed by atoms with Gasteiger partial charge in [0.05, 0.1) is 11.0 Å². The smallest absolute Gasteiger partial charge is 0.160 e. The molecule has 4 atom stereocenters. The Balaban J connectivity index is 1.01. The number of thioether (sulfide) groups is 1.